The summed E-state index contributed by atoms with van der Waals surface area (Å²) < 4.78 is 38.9. The van der Waals surface area contributed by atoms with Gasteiger partial charge in [0, 0.05) is 13.2 Å². The zero-order chi connectivity index (χ0) is 14.9. The van der Waals surface area contributed by atoms with Crippen LogP contribution in [0.5, 0.6) is 0 Å². The highest BCUT2D eigenvalue weighted by Crippen LogP contribution is 2.30. The van der Waals surface area contributed by atoms with Crippen molar-refractivity contribution in [2.45, 2.75) is 12.2 Å². The highest BCUT2D eigenvalue weighted by molar-refractivity contribution is 6.31. The zero-order valence-electron chi connectivity index (χ0n) is 10.3. The molecule has 2 rings (SSSR count). The lowest BCUT2D eigenvalue weighted by Crippen LogP contribution is -2.31. The van der Waals surface area contributed by atoms with Crippen LogP contribution in [-0.4, -0.2) is 14.8 Å². The van der Waals surface area contributed by atoms with E-state index in [1.165, 1.54) is 16.9 Å². The minimum absolute atomic E-state index is 0.311. The number of pyridine rings is 1. The summed E-state index contributed by atoms with van der Waals surface area (Å²) in [6.45, 7) is 0. The molecule has 2 heterocycles. The van der Waals surface area contributed by atoms with Crippen molar-refractivity contribution in [1.82, 2.24) is 20.2 Å². The van der Waals surface area contributed by atoms with Crippen molar-refractivity contribution in [2.24, 2.45) is 12.9 Å². The molecule has 2 aromatic rings. The normalized spacial score (nSPS) is 13.5. The Kier molecular flexibility index (Phi) is 3.98. The van der Waals surface area contributed by atoms with Gasteiger partial charge in [-0.1, -0.05) is 11.6 Å². The smallest absolute Gasteiger partial charge is 0.270 e. The van der Waals surface area contributed by atoms with Crippen LogP contribution in [0.25, 0.3) is 0 Å². The number of hydrogen-bond donors (Lipinski definition) is 2. The molecule has 0 amide bonds. The fourth-order valence-electron chi connectivity index (χ4n) is 1.79. The number of aromatic nitrogens is 3. The molecule has 0 aliphatic carbocycles. The lowest BCUT2D eigenvalue weighted by Gasteiger charge is -2.17. The largest absolute Gasteiger partial charge is 0.417 e. The molecule has 0 bridgehead atoms. The second-order valence-corrected chi connectivity index (χ2v) is 4.48. The van der Waals surface area contributed by atoms with Crippen molar-refractivity contribution in [1.29, 1.82) is 0 Å². The number of hydrazine groups is 1. The summed E-state index contributed by atoms with van der Waals surface area (Å²) in [5, 5.41) is 4.29. The number of hydrogen-bond acceptors (Lipinski definition) is 4. The van der Waals surface area contributed by atoms with Gasteiger partial charge in [-0.2, -0.15) is 18.3 Å². The van der Waals surface area contributed by atoms with Crippen LogP contribution in [-0.2, 0) is 13.2 Å². The number of nitrogens with zero attached hydrogens (tertiary/aromatic N) is 3. The number of halogens is 4. The van der Waals surface area contributed by atoms with Crippen LogP contribution in [0.15, 0.2) is 24.5 Å². The summed E-state index contributed by atoms with van der Waals surface area (Å²) >= 11 is 5.99. The van der Waals surface area contributed by atoms with Crippen molar-refractivity contribution >= 4 is 11.6 Å². The lowest BCUT2D eigenvalue weighted by molar-refractivity contribution is -0.137. The Morgan fingerprint density at radius 3 is 2.45 bits per heavy atom. The summed E-state index contributed by atoms with van der Waals surface area (Å²) in [6, 6.07) is 1.53. The van der Waals surface area contributed by atoms with Gasteiger partial charge in [-0.25, -0.2) is 5.43 Å². The number of rotatable bonds is 3. The predicted molar refractivity (Wildman–Crippen MR) is 66.6 cm³/mol. The first kappa shape index (κ1) is 14.8. The van der Waals surface area contributed by atoms with Gasteiger partial charge in [-0.05, 0) is 12.1 Å². The van der Waals surface area contributed by atoms with Crippen LogP contribution >= 0.6 is 11.6 Å². The van der Waals surface area contributed by atoms with E-state index >= 15 is 0 Å². The molecule has 2 aromatic heterocycles. The molecule has 0 saturated carbocycles. The van der Waals surface area contributed by atoms with E-state index in [0.717, 1.165) is 12.3 Å². The maximum atomic E-state index is 12.5. The standard InChI is InChI=1S/C11H11ClF3N5/c1-20-10(7(12)5-18-20)9(19-16)8-3-2-6(4-17-8)11(13,14)15/h2-5,9,19H,16H2,1H3. The van der Waals surface area contributed by atoms with Gasteiger partial charge in [-0.15, -0.1) is 0 Å². The maximum absolute atomic E-state index is 12.5. The number of alkyl halides is 3. The molecule has 0 radical (unpaired) electrons. The number of aryl methyl sites for hydroxylation is 1. The highest BCUT2D eigenvalue weighted by Gasteiger charge is 2.31. The molecule has 108 valence electrons. The van der Waals surface area contributed by atoms with Crippen LogP contribution < -0.4 is 11.3 Å². The van der Waals surface area contributed by atoms with Crippen molar-refractivity contribution in [3.05, 3.63) is 46.5 Å². The maximum Gasteiger partial charge on any atom is 0.417 e. The molecule has 0 aliphatic heterocycles. The second kappa shape index (κ2) is 5.39. The minimum Gasteiger partial charge on any atom is -0.270 e. The van der Waals surface area contributed by atoms with Gasteiger partial charge in [0.2, 0.25) is 0 Å². The summed E-state index contributed by atoms with van der Waals surface area (Å²) in [5.41, 5.74) is 2.47. The Morgan fingerprint density at radius 1 is 1.35 bits per heavy atom. The molecule has 0 saturated heterocycles. The van der Waals surface area contributed by atoms with Crippen LogP contribution in [0.3, 0.4) is 0 Å². The van der Waals surface area contributed by atoms with E-state index in [9.17, 15) is 13.2 Å². The summed E-state index contributed by atoms with van der Waals surface area (Å²) in [6.07, 6.45) is -2.25. The van der Waals surface area contributed by atoms with E-state index < -0.39 is 17.8 Å². The molecule has 0 fully saturated rings. The van der Waals surface area contributed by atoms with E-state index in [1.54, 1.807) is 7.05 Å². The SMILES string of the molecule is Cn1ncc(Cl)c1C(NN)c1ccc(C(F)(F)F)cn1. The third-order valence-electron chi connectivity index (χ3n) is 2.79. The zero-order valence-corrected chi connectivity index (χ0v) is 11.1. The van der Waals surface area contributed by atoms with Gasteiger partial charge in [0.1, 0.15) is 6.04 Å². The summed E-state index contributed by atoms with van der Waals surface area (Å²) in [7, 11) is 1.65. The topological polar surface area (TPSA) is 68.8 Å². The average Bonchev–Trinajstić information content (AvgIpc) is 2.71. The third kappa shape index (κ3) is 2.77. The molecule has 0 aliphatic rings. The Balaban J connectivity index is 2.38. The minimum atomic E-state index is -4.43. The number of nitrogens with one attached hydrogen (secondary N) is 1. The first-order valence-corrected chi connectivity index (χ1v) is 5.89. The fraction of sp³-hybridized carbons (Fsp3) is 0.273. The fourth-order valence-corrected chi connectivity index (χ4v) is 2.07. The molecule has 5 nitrogen and oxygen atoms in total. The Bertz CT molecular complexity index is 574. The van der Waals surface area contributed by atoms with E-state index in [0.29, 0.717) is 16.4 Å². The van der Waals surface area contributed by atoms with Crippen molar-refractivity contribution in [2.75, 3.05) is 0 Å². The average molecular weight is 306 g/mol. The van der Waals surface area contributed by atoms with Crippen molar-refractivity contribution in [3.8, 4) is 0 Å². The molecule has 9 heteroatoms. The Labute approximate surface area is 117 Å². The van der Waals surface area contributed by atoms with Crippen LogP contribution in [0.2, 0.25) is 5.02 Å². The van der Waals surface area contributed by atoms with Gasteiger partial charge >= 0.3 is 6.18 Å². The molecule has 0 aromatic carbocycles. The quantitative estimate of drug-likeness (QED) is 0.672. The molecular formula is C11H11ClF3N5. The van der Waals surface area contributed by atoms with Gasteiger partial charge in [0.15, 0.2) is 0 Å². The van der Waals surface area contributed by atoms with Crippen LogP contribution in [0.4, 0.5) is 13.2 Å². The van der Waals surface area contributed by atoms with Gasteiger partial charge in [0.05, 0.1) is 28.2 Å². The lowest BCUT2D eigenvalue weighted by atomic mass is 10.1. The van der Waals surface area contributed by atoms with Gasteiger partial charge < -0.3 is 0 Å². The molecule has 20 heavy (non-hydrogen) atoms. The summed E-state index contributed by atoms with van der Waals surface area (Å²) in [4.78, 5) is 3.79. The van der Waals surface area contributed by atoms with E-state index in [-0.39, 0.29) is 0 Å². The predicted octanol–water partition coefficient (Wildman–Crippen LogP) is 2.04. The molecular weight excluding hydrogens is 295 g/mol. The van der Waals surface area contributed by atoms with Gasteiger partial charge in [0.25, 0.3) is 0 Å². The van der Waals surface area contributed by atoms with E-state index in [1.807, 2.05) is 0 Å². The van der Waals surface area contributed by atoms with E-state index in [2.05, 4.69) is 15.5 Å². The first-order chi connectivity index (χ1) is 9.34. The highest BCUT2D eigenvalue weighted by atomic mass is 35.5. The van der Waals surface area contributed by atoms with Crippen molar-refractivity contribution < 1.29 is 13.2 Å². The number of nitrogens with two attached hydrogens (primary N) is 1. The third-order valence-corrected chi connectivity index (χ3v) is 3.08. The van der Waals surface area contributed by atoms with Crippen molar-refractivity contribution in [3.63, 3.8) is 0 Å². The van der Waals surface area contributed by atoms with Crippen LogP contribution in [0.1, 0.15) is 23.0 Å². The molecule has 0 spiro atoms. The summed E-state index contributed by atoms with van der Waals surface area (Å²) in [5.74, 6) is 5.45. The molecule has 3 N–H and O–H groups in total. The first-order valence-electron chi connectivity index (χ1n) is 5.51. The molecule has 1 unspecified atom stereocenters. The molecule has 1 atom stereocenters. The second-order valence-electron chi connectivity index (χ2n) is 4.07. The van der Waals surface area contributed by atoms with Gasteiger partial charge in [-0.3, -0.25) is 15.5 Å². The Hall–Kier alpha value is -1.64. The monoisotopic (exact) mass is 305 g/mol. The van der Waals surface area contributed by atoms with Crippen LogP contribution in [0, 0.1) is 0 Å². The Morgan fingerprint density at radius 2 is 2.05 bits per heavy atom. The van der Waals surface area contributed by atoms with E-state index in [4.69, 9.17) is 17.4 Å².